The zero-order valence-electron chi connectivity index (χ0n) is 6.83. The number of benzene rings is 1. The Hall–Kier alpha value is -0.670. The number of hydrogen-bond donors (Lipinski definition) is 0. The first kappa shape index (κ1) is 8.91. The molecule has 65 valence electrons. The second kappa shape index (κ2) is 4.03. The smallest absolute Gasteiger partial charge is 0.152 e. The van der Waals surface area contributed by atoms with Crippen LogP contribution in [-0.4, -0.2) is 4.98 Å². The summed E-state index contributed by atoms with van der Waals surface area (Å²) in [5, 5.41) is 0. The summed E-state index contributed by atoms with van der Waals surface area (Å²) in [7, 11) is 0. The van der Waals surface area contributed by atoms with Gasteiger partial charge in [-0.25, -0.2) is 4.98 Å². The number of aromatic nitrogens is 1. The first-order chi connectivity index (χ1) is 6.34. The summed E-state index contributed by atoms with van der Waals surface area (Å²) in [6, 6.07) is 8.34. The minimum atomic E-state index is 0.953. The van der Waals surface area contributed by atoms with Gasteiger partial charge in [-0.15, -0.1) is 11.3 Å². The van der Waals surface area contributed by atoms with E-state index in [0.29, 0.717) is 0 Å². The largest absolute Gasteiger partial charge is 0.242 e. The summed E-state index contributed by atoms with van der Waals surface area (Å²) in [4.78, 5) is 5.17. The Morgan fingerprint density at radius 1 is 1.31 bits per heavy atom. The van der Waals surface area contributed by atoms with Crippen LogP contribution in [0.5, 0.6) is 0 Å². The fourth-order valence-corrected chi connectivity index (χ4v) is 1.93. The molecular formula is C10H7BrNS. The molecule has 1 aromatic heterocycles. The molecule has 0 spiro atoms. The first-order valence-corrected chi connectivity index (χ1v) is 5.51. The van der Waals surface area contributed by atoms with Gasteiger partial charge in [0.2, 0.25) is 0 Å². The first-order valence-electron chi connectivity index (χ1n) is 3.90. The van der Waals surface area contributed by atoms with Crippen molar-refractivity contribution >= 4 is 27.3 Å². The minimum absolute atomic E-state index is 0.953. The van der Waals surface area contributed by atoms with Crippen molar-refractivity contribution in [1.29, 1.82) is 0 Å². The number of rotatable bonds is 2. The van der Waals surface area contributed by atoms with Gasteiger partial charge in [-0.2, -0.15) is 0 Å². The van der Waals surface area contributed by atoms with Gasteiger partial charge in [0.15, 0.2) is 5.51 Å². The minimum Gasteiger partial charge on any atom is -0.242 e. The molecule has 13 heavy (non-hydrogen) atoms. The van der Waals surface area contributed by atoms with Crippen molar-refractivity contribution in [3.8, 4) is 0 Å². The molecule has 0 aliphatic carbocycles. The lowest BCUT2D eigenvalue weighted by atomic mass is 10.1. The third-order valence-corrected chi connectivity index (χ3v) is 2.97. The summed E-state index contributed by atoms with van der Waals surface area (Å²) < 4.78 is 1.12. The monoisotopic (exact) mass is 252 g/mol. The Kier molecular flexibility index (Phi) is 2.76. The average molecular weight is 253 g/mol. The fraction of sp³-hybridized carbons (Fsp3) is 0.100. The maximum Gasteiger partial charge on any atom is 0.152 e. The van der Waals surface area contributed by atoms with Crippen LogP contribution >= 0.6 is 27.3 Å². The molecule has 1 nitrogen and oxygen atoms in total. The molecule has 0 aliphatic rings. The van der Waals surface area contributed by atoms with Crippen LogP contribution in [0.4, 0.5) is 0 Å². The molecule has 2 rings (SSSR count). The van der Waals surface area contributed by atoms with E-state index in [2.05, 4.69) is 50.7 Å². The molecule has 0 N–H and O–H groups in total. The summed E-state index contributed by atoms with van der Waals surface area (Å²) >= 11 is 4.98. The van der Waals surface area contributed by atoms with Crippen LogP contribution in [0.1, 0.15) is 10.4 Å². The lowest BCUT2D eigenvalue weighted by Gasteiger charge is -1.97. The molecule has 0 aliphatic heterocycles. The summed E-state index contributed by atoms with van der Waals surface area (Å²) in [6.07, 6.45) is 2.82. The highest BCUT2D eigenvalue weighted by atomic mass is 79.9. The molecule has 0 saturated heterocycles. The van der Waals surface area contributed by atoms with Gasteiger partial charge in [-0.05, 0) is 17.7 Å². The predicted octanol–water partition coefficient (Wildman–Crippen LogP) is 3.30. The maximum atomic E-state index is 3.92. The lowest BCUT2D eigenvalue weighted by Crippen LogP contribution is -1.83. The highest BCUT2D eigenvalue weighted by Crippen LogP contribution is 2.15. The van der Waals surface area contributed by atoms with Gasteiger partial charge >= 0.3 is 0 Å². The van der Waals surface area contributed by atoms with E-state index in [4.69, 9.17) is 0 Å². The Bertz CT molecular complexity index is 366. The normalized spacial score (nSPS) is 10.2. The second-order valence-electron chi connectivity index (χ2n) is 2.72. The van der Waals surface area contributed by atoms with E-state index in [-0.39, 0.29) is 0 Å². The van der Waals surface area contributed by atoms with Crippen LogP contribution in [0.15, 0.2) is 34.9 Å². The van der Waals surface area contributed by atoms with Crippen molar-refractivity contribution in [3.05, 3.63) is 50.9 Å². The van der Waals surface area contributed by atoms with Gasteiger partial charge in [0.1, 0.15) is 0 Å². The Balaban J connectivity index is 2.15. The highest BCUT2D eigenvalue weighted by molar-refractivity contribution is 9.10. The van der Waals surface area contributed by atoms with E-state index < -0.39 is 0 Å². The molecule has 2 aromatic rings. The van der Waals surface area contributed by atoms with Crippen molar-refractivity contribution in [2.75, 3.05) is 0 Å². The van der Waals surface area contributed by atoms with Crippen LogP contribution in [0.25, 0.3) is 0 Å². The average Bonchev–Trinajstić information content (AvgIpc) is 2.62. The van der Waals surface area contributed by atoms with Crippen LogP contribution in [-0.2, 0) is 6.42 Å². The standard InChI is InChI=1S/C10H7BrNS/c11-9-3-1-8(2-4-9)5-10-6-12-7-13-10/h1-4,6H,5H2. The van der Waals surface area contributed by atoms with Gasteiger partial charge in [0.25, 0.3) is 0 Å². The molecule has 1 heterocycles. The number of halogens is 1. The number of nitrogens with zero attached hydrogens (tertiary/aromatic N) is 1. The van der Waals surface area contributed by atoms with Crippen LogP contribution in [0.2, 0.25) is 0 Å². The molecular weight excluding hydrogens is 246 g/mol. The Morgan fingerprint density at radius 2 is 2.08 bits per heavy atom. The zero-order chi connectivity index (χ0) is 9.10. The Morgan fingerprint density at radius 3 is 2.69 bits per heavy atom. The van der Waals surface area contributed by atoms with Crippen molar-refractivity contribution in [2.24, 2.45) is 0 Å². The number of thiazole rings is 1. The van der Waals surface area contributed by atoms with E-state index in [1.165, 1.54) is 10.4 Å². The highest BCUT2D eigenvalue weighted by Gasteiger charge is 1.97. The van der Waals surface area contributed by atoms with E-state index in [0.717, 1.165) is 10.9 Å². The third kappa shape index (κ3) is 2.39. The zero-order valence-corrected chi connectivity index (χ0v) is 9.23. The van der Waals surface area contributed by atoms with Gasteiger partial charge in [-0.1, -0.05) is 28.1 Å². The van der Waals surface area contributed by atoms with Gasteiger partial charge in [0.05, 0.1) is 0 Å². The quantitative estimate of drug-likeness (QED) is 0.800. The fourth-order valence-electron chi connectivity index (χ4n) is 1.09. The molecule has 0 amide bonds. The van der Waals surface area contributed by atoms with Crippen molar-refractivity contribution < 1.29 is 0 Å². The van der Waals surface area contributed by atoms with Crippen LogP contribution in [0, 0.1) is 5.51 Å². The van der Waals surface area contributed by atoms with Gasteiger partial charge < -0.3 is 0 Å². The lowest BCUT2D eigenvalue weighted by molar-refractivity contribution is 1.21. The molecule has 0 fully saturated rings. The molecule has 0 atom stereocenters. The van der Waals surface area contributed by atoms with E-state index in [9.17, 15) is 0 Å². The van der Waals surface area contributed by atoms with Crippen molar-refractivity contribution in [3.63, 3.8) is 0 Å². The van der Waals surface area contributed by atoms with Crippen LogP contribution in [0.3, 0.4) is 0 Å². The van der Waals surface area contributed by atoms with Gasteiger partial charge in [0, 0.05) is 22.0 Å². The molecule has 0 saturated carbocycles. The third-order valence-electron chi connectivity index (χ3n) is 1.73. The molecule has 1 aromatic carbocycles. The Labute approximate surface area is 89.6 Å². The van der Waals surface area contributed by atoms with Gasteiger partial charge in [-0.3, -0.25) is 0 Å². The summed E-state index contributed by atoms with van der Waals surface area (Å²) in [6.45, 7) is 0. The maximum absolute atomic E-state index is 3.92. The number of hydrogen-bond acceptors (Lipinski definition) is 2. The predicted molar refractivity (Wildman–Crippen MR) is 57.9 cm³/mol. The molecule has 3 heteroatoms. The molecule has 0 bridgehead atoms. The topological polar surface area (TPSA) is 12.9 Å². The molecule has 1 radical (unpaired) electrons. The molecule has 0 unspecified atom stereocenters. The van der Waals surface area contributed by atoms with E-state index in [1.807, 2.05) is 6.20 Å². The SMILES string of the molecule is Brc1ccc(Cc2cn[c]s2)cc1. The van der Waals surface area contributed by atoms with Crippen LogP contribution < -0.4 is 0 Å². The summed E-state index contributed by atoms with van der Waals surface area (Å²) in [5.41, 5.74) is 4.15. The van der Waals surface area contributed by atoms with Crippen molar-refractivity contribution in [1.82, 2.24) is 4.98 Å². The second-order valence-corrected chi connectivity index (χ2v) is 4.55. The van der Waals surface area contributed by atoms with E-state index >= 15 is 0 Å². The summed E-state index contributed by atoms with van der Waals surface area (Å²) in [5.74, 6) is 0. The van der Waals surface area contributed by atoms with E-state index in [1.54, 1.807) is 11.3 Å². The van der Waals surface area contributed by atoms with Crippen molar-refractivity contribution in [2.45, 2.75) is 6.42 Å².